The van der Waals surface area contributed by atoms with Gasteiger partial charge in [-0.25, -0.2) is 9.79 Å². The van der Waals surface area contributed by atoms with Crippen molar-refractivity contribution >= 4 is 40.5 Å². The summed E-state index contributed by atoms with van der Waals surface area (Å²) < 4.78 is 21.9. The van der Waals surface area contributed by atoms with E-state index in [1.807, 2.05) is 52.8 Å². The molecule has 0 aromatic heterocycles. The van der Waals surface area contributed by atoms with E-state index < -0.39 is 12.0 Å². The predicted molar refractivity (Wildman–Crippen MR) is 168 cm³/mol. The van der Waals surface area contributed by atoms with Crippen LogP contribution in [-0.2, 0) is 23.9 Å². The summed E-state index contributed by atoms with van der Waals surface area (Å²) in [6.07, 6.45) is 1.49. The first kappa shape index (κ1) is 31.2. The SMILES string of the molecule is CCOC(=O)C1=C(c2ccccc2)N=C2SC=C(CC(=O)N3CCC[C@@H](C(=O)OCC)C3)N2[C@@H]1c1ccc(OC)c(OC)c1. The van der Waals surface area contributed by atoms with Crippen LogP contribution >= 0.6 is 11.8 Å². The van der Waals surface area contributed by atoms with Crippen molar-refractivity contribution in [2.45, 2.75) is 39.2 Å². The Bertz CT molecular complexity index is 1500. The van der Waals surface area contributed by atoms with Crippen molar-refractivity contribution in [1.29, 1.82) is 0 Å². The number of nitrogens with zero attached hydrogens (tertiary/aromatic N) is 3. The van der Waals surface area contributed by atoms with Crippen molar-refractivity contribution < 1.29 is 33.3 Å². The minimum absolute atomic E-state index is 0.0716. The standard InChI is InChI=1S/C33H37N3O7S/c1-5-42-31(38)23-13-10-16-35(19-23)27(37)18-24-20-44-33-34-29(21-11-8-7-9-12-21)28(32(39)43-6-2)30(36(24)33)22-14-15-25(40-3)26(17-22)41-4/h7-9,11-12,14-15,17,20,23,30H,5-6,10,13,16,18-19H2,1-4H3/t23-,30-/m1/s1. The lowest BCUT2D eigenvalue weighted by Gasteiger charge is -2.38. The molecule has 0 unspecified atom stereocenters. The fourth-order valence-electron chi connectivity index (χ4n) is 5.75. The maximum atomic E-state index is 13.8. The quantitative estimate of drug-likeness (QED) is 0.333. The molecule has 5 rings (SSSR count). The number of hydrogen-bond acceptors (Lipinski definition) is 10. The average Bonchev–Trinajstić information content (AvgIpc) is 3.46. The Morgan fingerprint density at radius 1 is 0.977 bits per heavy atom. The highest BCUT2D eigenvalue weighted by Gasteiger charge is 2.43. The largest absolute Gasteiger partial charge is 0.493 e. The van der Waals surface area contributed by atoms with Crippen molar-refractivity contribution in [3.8, 4) is 11.5 Å². The number of esters is 2. The normalized spacial score (nSPS) is 19.5. The van der Waals surface area contributed by atoms with Gasteiger partial charge in [0.2, 0.25) is 5.91 Å². The first-order chi connectivity index (χ1) is 21.4. The lowest BCUT2D eigenvalue weighted by molar-refractivity contribution is -0.151. The summed E-state index contributed by atoms with van der Waals surface area (Å²) in [4.78, 5) is 48.6. The van der Waals surface area contributed by atoms with Gasteiger partial charge in [0.05, 0.1) is 57.1 Å². The lowest BCUT2D eigenvalue weighted by Crippen LogP contribution is -2.44. The summed E-state index contributed by atoms with van der Waals surface area (Å²) in [6, 6.07) is 14.4. The highest BCUT2D eigenvalue weighted by molar-refractivity contribution is 8.16. The molecule has 3 aliphatic rings. The van der Waals surface area contributed by atoms with E-state index in [1.54, 1.807) is 39.0 Å². The second-order valence-corrected chi connectivity index (χ2v) is 11.3. The summed E-state index contributed by atoms with van der Waals surface area (Å²) in [5, 5.41) is 2.55. The van der Waals surface area contributed by atoms with Crippen LogP contribution in [0.4, 0.5) is 0 Å². The third kappa shape index (κ3) is 6.33. The van der Waals surface area contributed by atoms with Crippen molar-refractivity contribution in [3.05, 3.63) is 76.3 Å². The van der Waals surface area contributed by atoms with Crippen LogP contribution in [0.3, 0.4) is 0 Å². The third-order valence-corrected chi connectivity index (χ3v) is 8.69. The molecule has 2 atom stereocenters. The van der Waals surface area contributed by atoms with E-state index in [1.165, 1.54) is 11.8 Å². The average molecular weight is 620 g/mol. The zero-order valence-electron chi connectivity index (χ0n) is 25.4. The van der Waals surface area contributed by atoms with Crippen LogP contribution in [-0.4, -0.2) is 73.3 Å². The molecular formula is C33H37N3O7S. The molecule has 10 nitrogen and oxygen atoms in total. The molecule has 44 heavy (non-hydrogen) atoms. The molecule has 3 heterocycles. The van der Waals surface area contributed by atoms with Crippen LogP contribution in [0.2, 0.25) is 0 Å². The fourth-order valence-corrected chi connectivity index (χ4v) is 6.67. The molecule has 1 saturated heterocycles. The van der Waals surface area contributed by atoms with Crippen molar-refractivity contribution in [1.82, 2.24) is 9.80 Å². The molecule has 0 spiro atoms. The van der Waals surface area contributed by atoms with E-state index in [0.717, 1.165) is 17.5 Å². The number of benzene rings is 2. The monoisotopic (exact) mass is 619 g/mol. The Morgan fingerprint density at radius 3 is 2.43 bits per heavy atom. The van der Waals surface area contributed by atoms with Gasteiger partial charge in [0.1, 0.15) is 0 Å². The molecule has 11 heteroatoms. The second-order valence-electron chi connectivity index (χ2n) is 10.5. The number of fused-ring (bicyclic) bond motifs is 1. The Balaban J connectivity index is 1.55. The van der Waals surface area contributed by atoms with E-state index in [9.17, 15) is 14.4 Å². The van der Waals surface area contributed by atoms with Gasteiger partial charge in [0.25, 0.3) is 0 Å². The summed E-state index contributed by atoms with van der Waals surface area (Å²) in [6.45, 7) is 4.94. The number of carbonyl (C=O) groups is 3. The number of ether oxygens (including phenoxy) is 4. The number of likely N-dealkylation sites (tertiary alicyclic amines) is 1. The third-order valence-electron chi connectivity index (χ3n) is 7.80. The van der Waals surface area contributed by atoms with Crippen LogP contribution in [0.1, 0.15) is 50.3 Å². The molecule has 2 aromatic carbocycles. The Morgan fingerprint density at radius 2 is 1.73 bits per heavy atom. The summed E-state index contributed by atoms with van der Waals surface area (Å²) in [5.41, 5.74) is 3.09. The van der Waals surface area contributed by atoms with Gasteiger partial charge in [-0.2, -0.15) is 0 Å². The van der Waals surface area contributed by atoms with E-state index in [-0.39, 0.29) is 30.8 Å². The van der Waals surface area contributed by atoms with Gasteiger partial charge in [-0.15, -0.1) is 0 Å². The van der Waals surface area contributed by atoms with Crippen LogP contribution in [0.15, 0.2) is 70.2 Å². The van der Waals surface area contributed by atoms with E-state index in [0.29, 0.717) is 59.8 Å². The Kier molecular flexibility index (Phi) is 9.94. The first-order valence-corrected chi connectivity index (χ1v) is 15.6. The van der Waals surface area contributed by atoms with Crippen molar-refractivity contribution in [2.24, 2.45) is 10.9 Å². The van der Waals surface area contributed by atoms with Crippen molar-refractivity contribution in [3.63, 3.8) is 0 Å². The van der Waals surface area contributed by atoms with Crippen LogP contribution in [0, 0.1) is 5.92 Å². The highest BCUT2D eigenvalue weighted by Crippen LogP contribution is 2.48. The van der Waals surface area contributed by atoms with Gasteiger partial charge in [-0.3, -0.25) is 9.59 Å². The maximum Gasteiger partial charge on any atom is 0.338 e. The fraction of sp³-hybridized carbons (Fsp3) is 0.394. The van der Waals surface area contributed by atoms with Crippen LogP contribution < -0.4 is 9.47 Å². The Labute approximate surface area is 261 Å². The topological polar surface area (TPSA) is 107 Å². The van der Waals surface area contributed by atoms with Gasteiger partial charge in [0, 0.05) is 24.4 Å². The van der Waals surface area contributed by atoms with Gasteiger partial charge < -0.3 is 28.7 Å². The number of rotatable bonds is 10. The number of hydrogen-bond donors (Lipinski definition) is 0. The van der Waals surface area contributed by atoms with Crippen molar-refractivity contribution in [2.75, 3.05) is 40.5 Å². The molecular weight excluding hydrogens is 582 g/mol. The molecule has 2 aromatic rings. The molecule has 3 aliphatic heterocycles. The molecule has 0 bridgehead atoms. The highest BCUT2D eigenvalue weighted by atomic mass is 32.2. The zero-order valence-corrected chi connectivity index (χ0v) is 26.2. The number of amidine groups is 1. The smallest absolute Gasteiger partial charge is 0.338 e. The number of methoxy groups -OCH3 is 2. The maximum absolute atomic E-state index is 13.8. The van der Waals surface area contributed by atoms with Gasteiger partial charge >= 0.3 is 11.9 Å². The molecule has 1 fully saturated rings. The van der Waals surface area contributed by atoms with E-state index >= 15 is 0 Å². The number of carbonyl (C=O) groups excluding carboxylic acids is 3. The number of aliphatic imine (C=N–C) groups is 1. The lowest BCUT2D eigenvalue weighted by atomic mass is 9.91. The first-order valence-electron chi connectivity index (χ1n) is 14.8. The van der Waals surface area contributed by atoms with Gasteiger partial charge in [-0.1, -0.05) is 48.2 Å². The molecule has 0 saturated carbocycles. The van der Waals surface area contributed by atoms with Gasteiger partial charge in [0.15, 0.2) is 16.7 Å². The molecule has 232 valence electrons. The molecule has 0 N–H and O–H groups in total. The number of amides is 1. The number of thioether (sulfide) groups is 1. The Hall–Kier alpha value is -4.25. The second kappa shape index (κ2) is 14.0. The van der Waals surface area contributed by atoms with Crippen LogP contribution in [0.5, 0.6) is 11.5 Å². The van der Waals surface area contributed by atoms with Crippen LogP contribution in [0.25, 0.3) is 5.70 Å². The number of piperidine rings is 1. The summed E-state index contributed by atoms with van der Waals surface area (Å²) in [7, 11) is 3.13. The minimum Gasteiger partial charge on any atom is -0.493 e. The van der Waals surface area contributed by atoms with E-state index in [2.05, 4.69) is 0 Å². The molecule has 1 amide bonds. The molecule has 0 aliphatic carbocycles. The summed E-state index contributed by atoms with van der Waals surface area (Å²) >= 11 is 1.40. The van der Waals surface area contributed by atoms with Gasteiger partial charge in [-0.05, 0) is 49.8 Å². The molecule has 0 radical (unpaired) electrons. The van der Waals surface area contributed by atoms with E-state index in [4.69, 9.17) is 23.9 Å². The minimum atomic E-state index is -0.667. The zero-order chi connectivity index (χ0) is 31.2. The summed E-state index contributed by atoms with van der Waals surface area (Å²) in [5.74, 6) is -0.145. The predicted octanol–water partition coefficient (Wildman–Crippen LogP) is 5.17.